The van der Waals surface area contributed by atoms with Crippen molar-refractivity contribution >= 4 is 50.7 Å². The molecule has 1 amide bonds. The van der Waals surface area contributed by atoms with Gasteiger partial charge in [0.1, 0.15) is 12.4 Å². The van der Waals surface area contributed by atoms with Gasteiger partial charge >= 0.3 is 0 Å². The summed E-state index contributed by atoms with van der Waals surface area (Å²) in [5.41, 5.74) is 3.10. The Kier molecular flexibility index (Phi) is 7.15. The van der Waals surface area contributed by atoms with Crippen LogP contribution in [0.25, 0.3) is 0 Å². The molecule has 0 unspecified atom stereocenters. The van der Waals surface area contributed by atoms with E-state index in [0.29, 0.717) is 33.6 Å². The summed E-state index contributed by atoms with van der Waals surface area (Å²) in [6.07, 6.45) is 3.43. The Bertz CT molecular complexity index is 1240. The van der Waals surface area contributed by atoms with E-state index < -0.39 is 0 Å². The van der Waals surface area contributed by atoms with Gasteiger partial charge in [-0.1, -0.05) is 63.4 Å². The second kappa shape index (κ2) is 10.2. The number of carbonyl (C=O) groups excluding carboxylic acids is 1. The maximum Gasteiger partial charge on any atom is 0.255 e. The Morgan fingerprint density at radius 2 is 1.84 bits per heavy atom. The summed E-state index contributed by atoms with van der Waals surface area (Å²) in [4.78, 5) is 12.7. The molecule has 0 fully saturated rings. The molecule has 0 bridgehead atoms. The predicted octanol–water partition coefficient (Wildman–Crippen LogP) is 6.83. The normalized spacial score (nSPS) is 10.7. The topological polar surface area (TPSA) is 56.2 Å². The minimum atomic E-state index is -0.223. The number of ether oxygens (including phenoxy) is 1. The number of halogens is 3. The molecule has 1 aromatic heterocycles. The molecule has 0 aliphatic carbocycles. The summed E-state index contributed by atoms with van der Waals surface area (Å²) < 4.78 is 8.56. The van der Waals surface area contributed by atoms with Gasteiger partial charge in [-0.2, -0.15) is 5.10 Å². The van der Waals surface area contributed by atoms with Crippen LogP contribution in [0.4, 0.5) is 5.69 Å². The zero-order valence-corrected chi connectivity index (χ0v) is 19.9. The zero-order valence-electron chi connectivity index (χ0n) is 16.8. The van der Waals surface area contributed by atoms with E-state index in [1.165, 1.54) is 0 Å². The molecule has 8 heteroatoms. The number of carbonyl (C=O) groups is 1. The van der Waals surface area contributed by atoms with Crippen LogP contribution in [-0.4, -0.2) is 15.7 Å². The molecule has 0 spiro atoms. The van der Waals surface area contributed by atoms with Crippen molar-refractivity contribution < 1.29 is 9.53 Å². The van der Waals surface area contributed by atoms with Crippen molar-refractivity contribution in [3.8, 4) is 5.75 Å². The van der Waals surface area contributed by atoms with E-state index in [-0.39, 0.29) is 12.5 Å². The third kappa shape index (κ3) is 5.91. The van der Waals surface area contributed by atoms with Crippen molar-refractivity contribution in [1.82, 2.24) is 9.78 Å². The Morgan fingerprint density at radius 3 is 2.62 bits per heavy atom. The number of nitrogens with one attached hydrogen (secondary N) is 1. The van der Waals surface area contributed by atoms with Crippen LogP contribution in [0.3, 0.4) is 0 Å². The Hall–Kier alpha value is -2.80. The summed E-state index contributed by atoms with van der Waals surface area (Å²) in [7, 11) is 0. The quantitative estimate of drug-likeness (QED) is 0.285. The first kappa shape index (κ1) is 22.4. The second-order valence-electron chi connectivity index (χ2n) is 7.07. The summed E-state index contributed by atoms with van der Waals surface area (Å²) >= 11 is 15.5. The number of nitrogens with zero attached hydrogens (tertiary/aromatic N) is 2. The number of anilines is 1. The lowest BCUT2D eigenvalue weighted by atomic mass is 10.1. The maximum absolute atomic E-state index is 12.7. The van der Waals surface area contributed by atoms with E-state index >= 15 is 0 Å². The van der Waals surface area contributed by atoms with E-state index in [1.54, 1.807) is 47.4 Å². The van der Waals surface area contributed by atoms with E-state index in [2.05, 4.69) is 26.3 Å². The molecule has 3 aromatic carbocycles. The lowest BCUT2D eigenvalue weighted by Gasteiger charge is -2.09. The van der Waals surface area contributed by atoms with Gasteiger partial charge in [0.25, 0.3) is 5.91 Å². The summed E-state index contributed by atoms with van der Waals surface area (Å²) in [6, 6.07) is 20.3. The highest BCUT2D eigenvalue weighted by molar-refractivity contribution is 9.10. The van der Waals surface area contributed by atoms with Crippen molar-refractivity contribution in [2.24, 2.45) is 0 Å². The van der Waals surface area contributed by atoms with Crippen molar-refractivity contribution in [2.75, 3.05) is 5.32 Å². The highest BCUT2D eigenvalue weighted by Gasteiger charge is 2.10. The Labute approximate surface area is 204 Å². The van der Waals surface area contributed by atoms with Gasteiger partial charge in [-0.15, -0.1) is 0 Å². The number of hydrogen-bond acceptors (Lipinski definition) is 3. The fourth-order valence-electron chi connectivity index (χ4n) is 3.05. The van der Waals surface area contributed by atoms with Crippen LogP contribution in [0.1, 0.15) is 21.5 Å². The van der Waals surface area contributed by atoms with Crippen molar-refractivity contribution in [2.45, 2.75) is 13.2 Å². The lowest BCUT2D eigenvalue weighted by Crippen LogP contribution is -2.12. The highest BCUT2D eigenvalue weighted by Crippen LogP contribution is 2.28. The molecule has 4 rings (SSSR count). The smallest absolute Gasteiger partial charge is 0.255 e. The fourth-order valence-corrected chi connectivity index (χ4v) is 3.78. The van der Waals surface area contributed by atoms with Crippen molar-refractivity contribution in [3.05, 3.63) is 110 Å². The zero-order chi connectivity index (χ0) is 22.5. The second-order valence-corrected chi connectivity index (χ2v) is 8.83. The van der Waals surface area contributed by atoms with Gasteiger partial charge in [-0.3, -0.25) is 9.48 Å². The Morgan fingerprint density at radius 1 is 1.03 bits per heavy atom. The third-order valence-electron chi connectivity index (χ3n) is 4.63. The molecule has 0 radical (unpaired) electrons. The van der Waals surface area contributed by atoms with Gasteiger partial charge in [0.05, 0.1) is 23.5 Å². The molecule has 32 heavy (non-hydrogen) atoms. The minimum Gasteiger partial charge on any atom is -0.487 e. The van der Waals surface area contributed by atoms with Gasteiger partial charge in [0.15, 0.2) is 0 Å². The monoisotopic (exact) mass is 529 g/mol. The molecule has 0 aliphatic rings. The number of amides is 1. The number of aromatic nitrogens is 2. The Balaban J connectivity index is 1.37. The van der Waals surface area contributed by atoms with Crippen LogP contribution in [-0.2, 0) is 13.2 Å². The van der Waals surface area contributed by atoms with E-state index in [9.17, 15) is 4.79 Å². The summed E-state index contributed by atoms with van der Waals surface area (Å²) in [5, 5.41) is 8.19. The van der Waals surface area contributed by atoms with Crippen LogP contribution in [0, 0.1) is 0 Å². The van der Waals surface area contributed by atoms with Gasteiger partial charge < -0.3 is 10.1 Å². The lowest BCUT2D eigenvalue weighted by molar-refractivity contribution is 0.102. The number of hydrogen-bond donors (Lipinski definition) is 1. The first-order valence-corrected chi connectivity index (χ1v) is 11.3. The van der Waals surface area contributed by atoms with Crippen LogP contribution in [0.2, 0.25) is 10.0 Å². The molecule has 1 heterocycles. The van der Waals surface area contributed by atoms with Crippen molar-refractivity contribution in [1.29, 1.82) is 0 Å². The molecule has 0 aliphatic heterocycles. The summed E-state index contributed by atoms with van der Waals surface area (Å²) in [6.45, 7) is 0.886. The maximum atomic E-state index is 12.7. The van der Waals surface area contributed by atoms with Gasteiger partial charge in [0, 0.05) is 21.3 Å². The molecule has 4 aromatic rings. The van der Waals surface area contributed by atoms with E-state index in [4.69, 9.17) is 27.9 Å². The molecule has 0 saturated carbocycles. The predicted molar refractivity (Wildman–Crippen MR) is 131 cm³/mol. The average molecular weight is 531 g/mol. The largest absolute Gasteiger partial charge is 0.487 e. The van der Waals surface area contributed by atoms with Gasteiger partial charge in [-0.25, -0.2) is 0 Å². The fraction of sp³-hybridized carbons (Fsp3) is 0.0833. The SMILES string of the molecule is O=C(Nc1cnn(Cc2ccc(Br)cc2)c1)c1cccc(COc2ccc(Cl)cc2Cl)c1. The molecule has 5 nitrogen and oxygen atoms in total. The van der Waals surface area contributed by atoms with Crippen LogP contribution in [0.5, 0.6) is 5.75 Å². The molecule has 0 saturated heterocycles. The van der Waals surface area contributed by atoms with Crippen molar-refractivity contribution in [3.63, 3.8) is 0 Å². The highest BCUT2D eigenvalue weighted by atomic mass is 79.9. The molecule has 1 N–H and O–H groups in total. The molecule has 162 valence electrons. The van der Waals surface area contributed by atoms with Crippen LogP contribution < -0.4 is 10.1 Å². The third-order valence-corrected chi connectivity index (χ3v) is 5.69. The standard InChI is InChI=1S/C24H18BrCl2N3O2/c25-19-6-4-16(5-7-19)13-30-14-21(12-28-30)29-24(31)18-3-1-2-17(10-18)15-32-23-9-8-20(26)11-22(23)27/h1-12,14H,13,15H2,(H,29,31). The number of benzene rings is 3. The van der Waals surface area contributed by atoms with Gasteiger partial charge in [-0.05, 0) is 53.6 Å². The van der Waals surface area contributed by atoms with E-state index in [0.717, 1.165) is 15.6 Å². The van der Waals surface area contributed by atoms with Crippen LogP contribution in [0.15, 0.2) is 83.6 Å². The summed E-state index contributed by atoms with van der Waals surface area (Å²) in [5.74, 6) is 0.309. The average Bonchev–Trinajstić information content (AvgIpc) is 3.21. The molecular weight excluding hydrogens is 513 g/mol. The molecule has 0 atom stereocenters. The number of rotatable bonds is 7. The van der Waals surface area contributed by atoms with E-state index in [1.807, 2.05) is 36.4 Å². The van der Waals surface area contributed by atoms with Gasteiger partial charge in [0.2, 0.25) is 0 Å². The first-order chi connectivity index (χ1) is 15.5. The first-order valence-electron chi connectivity index (χ1n) is 9.71. The van der Waals surface area contributed by atoms with Crippen LogP contribution >= 0.6 is 39.1 Å². The minimum absolute atomic E-state index is 0.223. The molecular formula is C24H18BrCl2N3O2.